The molecule has 0 aliphatic carbocycles. The van der Waals surface area contributed by atoms with Crippen molar-refractivity contribution < 1.29 is 9.53 Å². The van der Waals surface area contributed by atoms with Gasteiger partial charge < -0.3 is 15.0 Å². The van der Waals surface area contributed by atoms with Crippen molar-refractivity contribution in [2.24, 2.45) is 0 Å². The lowest BCUT2D eigenvalue weighted by molar-refractivity contribution is -0.116. The number of anilines is 1. The van der Waals surface area contributed by atoms with Gasteiger partial charge in [0.2, 0.25) is 11.8 Å². The van der Waals surface area contributed by atoms with Gasteiger partial charge in [0.25, 0.3) is 0 Å². The van der Waals surface area contributed by atoms with E-state index in [9.17, 15) is 4.79 Å². The van der Waals surface area contributed by atoms with Crippen LogP contribution >= 0.6 is 0 Å². The molecule has 0 radical (unpaired) electrons. The van der Waals surface area contributed by atoms with Crippen LogP contribution in [0.3, 0.4) is 0 Å². The summed E-state index contributed by atoms with van der Waals surface area (Å²) in [6, 6.07) is 13.9. The molecule has 3 rings (SSSR count). The SMILES string of the molecule is CN1CCC(Oc2ccc(NC(=O)CCCc3ccccc3)cn2)CC1. The second-order valence-corrected chi connectivity index (χ2v) is 6.89. The minimum Gasteiger partial charge on any atom is -0.474 e. The molecule has 138 valence electrons. The molecule has 1 aromatic heterocycles. The average Bonchev–Trinajstić information content (AvgIpc) is 2.66. The zero-order valence-corrected chi connectivity index (χ0v) is 15.4. The minimum atomic E-state index is 0.0201. The maximum atomic E-state index is 12.1. The topological polar surface area (TPSA) is 54.5 Å². The second kappa shape index (κ2) is 9.34. The van der Waals surface area contributed by atoms with Crippen molar-refractivity contribution in [3.05, 3.63) is 54.2 Å². The van der Waals surface area contributed by atoms with Gasteiger partial charge in [0.05, 0.1) is 11.9 Å². The minimum absolute atomic E-state index is 0.0201. The molecule has 26 heavy (non-hydrogen) atoms. The maximum Gasteiger partial charge on any atom is 0.224 e. The second-order valence-electron chi connectivity index (χ2n) is 6.89. The molecule has 1 saturated heterocycles. The Balaban J connectivity index is 1.40. The number of hydrogen-bond donors (Lipinski definition) is 1. The summed E-state index contributed by atoms with van der Waals surface area (Å²) >= 11 is 0. The van der Waals surface area contributed by atoms with E-state index in [0.29, 0.717) is 18.0 Å². The lowest BCUT2D eigenvalue weighted by atomic mass is 10.1. The number of aromatic nitrogens is 1. The van der Waals surface area contributed by atoms with Crippen LogP contribution in [0.1, 0.15) is 31.2 Å². The summed E-state index contributed by atoms with van der Waals surface area (Å²) in [6.45, 7) is 2.11. The molecule has 1 aromatic carbocycles. The highest BCUT2D eigenvalue weighted by atomic mass is 16.5. The molecule has 2 aromatic rings. The number of carbonyl (C=O) groups is 1. The number of likely N-dealkylation sites (tertiary alicyclic amines) is 1. The molecule has 1 aliphatic heterocycles. The number of benzene rings is 1. The van der Waals surface area contributed by atoms with Gasteiger partial charge >= 0.3 is 0 Å². The van der Waals surface area contributed by atoms with E-state index in [0.717, 1.165) is 38.8 Å². The van der Waals surface area contributed by atoms with Crippen molar-refractivity contribution in [1.29, 1.82) is 0 Å². The van der Waals surface area contributed by atoms with E-state index in [1.807, 2.05) is 30.3 Å². The van der Waals surface area contributed by atoms with Gasteiger partial charge in [-0.15, -0.1) is 0 Å². The monoisotopic (exact) mass is 353 g/mol. The molecule has 0 atom stereocenters. The normalized spacial score (nSPS) is 15.6. The zero-order chi connectivity index (χ0) is 18.2. The molecule has 0 unspecified atom stereocenters. The third-order valence-electron chi connectivity index (χ3n) is 4.69. The van der Waals surface area contributed by atoms with Crippen molar-refractivity contribution in [1.82, 2.24) is 9.88 Å². The van der Waals surface area contributed by atoms with Crippen LogP contribution in [-0.2, 0) is 11.2 Å². The molecule has 1 aliphatic rings. The van der Waals surface area contributed by atoms with E-state index in [4.69, 9.17) is 4.74 Å². The lowest BCUT2D eigenvalue weighted by Gasteiger charge is -2.28. The Bertz CT molecular complexity index is 680. The van der Waals surface area contributed by atoms with Crippen LogP contribution in [0.2, 0.25) is 0 Å². The molecule has 1 amide bonds. The van der Waals surface area contributed by atoms with Crippen LogP contribution in [0.5, 0.6) is 5.88 Å². The van der Waals surface area contributed by atoms with Gasteiger partial charge in [-0.2, -0.15) is 0 Å². The molecule has 0 saturated carbocycles. The third kappa shape index (κ3) is 5.85. The van der Waals surface area contributed by atoms with Crippen LogP contribution in [0.4, 0.5) is 5.69 Å². The van der Waals surface area contributed by atoms with E-state index < -0.39 is 0 Å². The number of nitrogens with one attached hydrogen (secondary N) is 1. The molecule has 2 heterocycles. The predicted molar refractivity (Wildman–Crippen MR) is 103 cm³/mol. The lowest BCUT2D eigenvalue weighted by Crippen LogP contribution is -2.35. The summed E-state index contributed by atoms with van der Waals surface area (Å²) in [6.07, 6.45) is 6.20. The van der Waals surface area contributed by atoms with Crippen LogP contribution in [0, 0.1) is 0 Å². The fourth-order valence-electron chi connectivity index (χ4n) is 3.12. The first-order valence-electron chi connectivity index (χ1n) is 9.34. The fraction of sp³-hybridized carbons (Fsp3) is 0.429. The van der Waals surface area contributed by atoms with Gasteiger partial charge in [-0.05, 0) is 44.4 Å². The number of nitrogens with zero attached hydrogens (tertiary/aromatic N) is 2. The van der Waals surface area contributed by atoms with Crippen molar-refractivity contribution in [3.63, 3.8) is 0 Å². The average molecular weight is 353 g/mol. The Labute approximate surface area is 155 Å². The van der Waals surface area contributed by atoms with Gasteiger partial charge in [0, 0.05) is 25.6 Å². The van der Waals surface area contributed by atoms with Crippen LogP contribution in [0.15, 0.2) is 48.7 Å². The summed E-state index contributed by atoms with van der Waals surface area (Å²) in [5, 5.41) is 2.90. The number of aryl methyl sites for hydroxylation is 1. The Hall–Kier alpha value is -2.40. The first-order valence-corrected chi connectivity index (χ1v) is 9.34. The van der Waals surface area contributed by atoms with Crippen LogP contribution < -0.4 is 10.1 Å². The first kappa shape index (κ1) is 18.4. The van der Waals surface area contributed by atoms with Crippen molar-refractivity contribution in [3.8, 4) is 5.88 Å². The van der Waals surface area contributed by atoms with Gasteiger partial charge in [0.1, 0.15) is 6.10 Å². The number of hydrogen-bond acceptors (Lipinski definition) is 4. The number of ether oxygens (including phenoxy) is 1. The predicted octanol–water partition coefficient (Wildman–Crippen LogP) is 3.52. The number of pyridine rings is 1. The molecule has 5 heteroatoms. The van der Waals surface area contributed by atoms with E-state index in [1.165, 1.54) is 5.56 Å². The summed E-state index contributed by atoms with van der Waals surface area (Å²) in [7, 11) is 2.13. The molecule has 0 spiro atoms. The highest BCUT2D eigenvalue weighted by Gasteiger charge is 2.18. The summed E-state index contributed by atoms with van der Waals surface area (Å²) in [5.74, 6) is 0.647. The van der Waals surface area contributed by atoms with E-state index in [-0.39, 0.29) is 12.0 Å². The van der Waals surface area contributed by atoms with Gasteiger partial charge in [0.15, 0.2) is 0 Å². The summed E-state index contributed by atoms with van der Waals surface area (Å²) < 4.78 is 5.93. The zero-order valence-electron chi connectivity index (χ0n) is 15.4. The van der Waals surface area contributed by atoms with E-state index in [1.54, 1.807) is 6.20 Å². The Morgan fingerprint density at radius 1 is 1.19 bits per heavy atom. The molecule has 1 fully saturated rings. The molecule has 0 bridgehead atoms. The molecular weight excluding hydrogens is 326 g/mol. The number of rotatable bonds is 7. The number of amides is 1. The Morgan fingerprint density at radius 3 is 2.65 bits per heavy atom. The summed E-state index contributed by atoms with van der Waals surface area (Å²) in [5.41, 5.74) is 1.97. The highest BCUT2D eigenvalue weighted by Crippen LogP contribution is 2.18. The quantitative estimate of drug-likeness (QED) is 0.827. The van der Waals surface area contributed by atoms with Crippen LogP contribution in [-0.4, -0.2) is 42.0 Å². The highest BCUT2D eigenvalue weighted by molar-refractivity contribution is 5.90. The van der Waals surface area contributed by atoms with Crippen LogP contribution in [0.25, 0.3) is 0 Å². The molecule has 5 nitrogen and oxygen atoms in total. The van der Waals surface area contributed by atoms with Gasteiger partial charge in [-0.1, -0.05) is 30.3 Å². The van der Waals surface area contributed by atoms with Crippen molar-refractivity contribution in [2.45, 2.75) is 38.2 Å². The van der Waals surface area contributed by atoms with Crippen molar-refractivity contribution >= 4 is 11.6 Å². The van der Waals surface area contributed by atoms with Crippen molar-refractivity contribution in [2.75, 3.05) is 25.5 Å². The van der Waals surface area contributed by atoms with Gasteiger partial charge in [-0.3, -0.25) is 4.79 Å². The molecule has 1 N–H and O–H groups in total. The Kier molecular flexibility index (Phi) is 6.61. The number of piperidine rings is 1. The smallest absolute Gasteiger partial charge is 0.224 e. The first-order chi connectivity index (χ1) is 12.7. The fourth-order valence-corrected chi connectivity index (χ4v) is 3.12. The van der Waals surface area contributed by atoms with E-state index >= 15 is 0 Å². The Morgan fingerprint density at radius 2 is 1.96 bits per heavy atom. The summed E-state index contributed by atoms with van der Waals surface area (Å²) in [4.78, 5) is 18.7. The van der Waals surface area contributed by atoms with E-state index in [2.05, 4.69) is 34.4 Å². The largest absolute Gasteiger partial charge is 0.474 e. The number of carbonyl (C=O) groups excluding carboxylic acids is 1. The van der Waals surface area contributed by atoms with Gasteiger partial charge in [-0.25, -0.2) is 4.98 Å². The standard InChI is InChI=1S/C21H27N3O2/c1-24-14-12-19(13-15-24)26-21-11-10-18(16-22-21)23-20(25)9-5-8-17-6-3-2-4-7-17/h2-4,6-7,10-11,16,19H,5,8-9,12-15H2,1H3,(H,23,25). The maximum absolute atomic E-state index is 12.1. The molecular formula is C21H27N3O2. The third-order valence-corrected chi connectivity index (χ3v) is 4.69.